The molecule has 0 N–H and O–H groups in total. The predicted octanol–water partition coefficient (Wildman–Crippen LogP) is 8.74. The molecule has 1 fully saturated rings. The molecule has 4 atom stereocenters. The van der Waals surface area contributed by atoms with E-state index >= 15 is 4.79 Å². The van der Waals surface area contributed by atoms with Crippen LogP contribution in [0.25, 0.3) is 11.1 Å². The van der Waals surface area contributed by atoms with Crippen LogP contribution in [0, 0.1) is 11.8 Å². The third-order valence-electron chi connectivity index (χ3n) is 10.1. The van der Waals surface area contributed by atoms with Gasteiger partial charge in [-0.1, -0.05) is 133 Å². The monoisotopic (exact) mass is 516 g/mol. The summed E-state index contributed by atoms with van der Waals surface area (Å²) in [5, 5.41) is 0. The van der Waals surface area contributed by atoms with E-state index in [0.717, 1.165) is 41.5 Å². The third-order valence-corrected chi connectivity index (χ3v) is 10.1. The van der Waals surface area contributed by atoms with Crippen LogP contribution in [0.3, 0.4) is 0 Å². The molecule has 1 heteroatoms. The zero-order valence-corrected chi connectivity index (χ0v) is 22.6. The lowest BCUT2D eigenvalue weighted by Crippen LogP contribution is -2.39. The van der Waals surface area contributed by atoms with Crippen molar-refractivity contribution < 1.29 is 4.79 Å². The molecule has 2 bridgehead atoms. The average molecular weight is 517 g/mol. The predicted molar refractivity (Wildman–Crippen MR) is 163 cm³/mol. The van der Waals surface area contributed by atoms with Crippen LogP contribution < -0.4 is 0 Å². The van der Waals surface area contributed by atoms with Crippen LogP contribution in [0.15, 0.2) is 145 Å². The Morgan fingerprint density at radius 3 is 1.60 bits per heavy atom. The summed E-state index contributed by atoms with van der Waals surface area (Å²) in [5.41, 5.74) is 8.45. The van der Waals surface area contributed by atoms with Gasteiger partial charge in [0.2, 0.25) is 0 Å². The lowest BCUT2D eigenvalue weighted by atomic mass is 9.59. The Morgan fingerprint density at radius 1 is 0.575 bits per heavy atom. The van der Waals surface area contributed by atoms with Crippen LogP contribution in [-0.2, 0) is 15.6 Å². The van der Waals surface area contributed by atoms with Gasteiger partial charge in [-0.3, -0.25) is 4.79 Å². The van der Waals surface area contributed by atoms with Gasteiger partial charge in [-0.05, 0) is 76.1 Å². The molecule has 4 aromatic carbocycles. The molecular weight excluding hydrogens is 484 g/mol. The van der Waals surface area contributed by atoms with Crippen molar-refractivity contribution in [3.63, 3.8) is 0 Å². The van der Waals surface area contributed by atoms with Crippen molar-refractivity contribution in [3.8, 4) is 0 Å². The number of carbonyl (C=O) groups excluding carboxylic acids is 1. The molecular formula is C39H32O. The van der Waals surface area contributed by atoms with Crippen molar-refractivity contribution >= 4 is 16.9 Å². The Bertz CT molecular complexity index is 1690. The normalized spacial score (nSPS) is 28.6. The van der Waals surface area contributed by atoms with Gasteiger partial charge < -0.3 is 0 Å². The number of allylic oxidation sites excluding steroid dienone is 6. The maximum atomic E-state index is 15.7. The fourth-order valence-electron chi connectivity index (χ4n) is 8.73. The molecule has 0 amide bonds. The Kier molecular flexibility index (Phi) is 5.26. The van der Waals surface area contributed by atoms with Crippen LogP contribution in [-0.4, -0.2) is 5.78 Å². The van der Waals surface area contributed by atoms with Crippen molar-refractivity contribution in [1.82, 2.24) is 0 Å². The van der Waals surface area contributed by atoms with Crippen LogP contribution in [0.2, 0.25) is 0 Å². The number of Topliss-reactive ketones (excluding diaryl/α,β-unsaturated/α-hetero) is 1. The highest BCUT2D eigenvalue weighted by Crippen LogP contribution is 2.75. The summed E-state index contributed by atoms with van der Waals surface area (Å²) < 4.78 is 0. The minimum Gasteiger partial charge on any atom is -0.297 e. The second-order valence-electron chi connectivity index (χ2n) is 11.8. The summed E-state index contributed by atoms with van der Waals surface area (Å²) in [5.74, 6) is 0.615. The summed E-state index contributed by atoms with van der Waals surface area (Å²) in [6.07, 6.45) is 9.48. The van der Waals surface area contributed by atoms with E-state index in [1.54, 1.807) is 0 Å². The van der Waals surface area contributed by atoms with E-state index in [2.05, 4.69) is 133 Å². The minimum atomic E-state index is -0.755. The van der Waals surface area contributed by atoms with Gasteiger partial charge in [-0.2, -0.15) is 0 Å². The maximum Gasteiger partial charge on any atom is 0.163 e. The molecule has 0 aromatic heterocycles. The van der Waals surface area contributed by atoms with E-state index in [9.17, 15) is 0 Å². The van der Waals surface area contributed by atoms with Crippen molar-refractivity contribution in [2.45, 2.75) is 36.5 Å². The first kappa shape index (κ1) is 23.6. The van der Waals surface area contributed by atoms with E-state index in [0.29, 0.717) is 5.78 Å². The van der Waals surface area contributed by atoms with Gasteiger partial charge in [0.05, 0.1) is 10.8 Å². The van der Waals surface area contributed by atoms with E-state index in [1.165, 1.54) is 28.7 Å². The topological polar surface area (TPSA) is 17.1 Å². The van der Waals surface area contributed by atoms with Crippen LogP contribution in [0.4, 0.5) is 0 Å². The van der Waals surface area contributed by atoms with E-state index < -0.39 is 10.8 Å². The molecule has 4 aliphatic rings. The number of rotatable bonds is 5. The molecule has 4 aliphatic carbocycles. The zero-order chi connectivity index (χ0) is 26.7. The maximum absolute atomic E-state index is 15.7. The van der Waals surface area contributed by atoms with Crippen molar-refractivity contribution in [1.29, 1.82) is 0 Å². The van der Waals surface area contributed by atoms with E-state index in [1.807, 2.05) is 0 Å². The lowest BCUT2D eigenvalue weighted by molar-refractivity contribution is -0.123. The second-order valence-corrected chi connectivity index (χ2v) is 11.8. The highest BCUT2D eigenvalue weighted by molar-refractivity contribution is 6.30. The van der Waals surface area contributed by atoms with Gasteiger partial charge in [-0.15, -0.1) is 0 Å². The molecule has 4 aromatic rings. The molecule has 0 spiro atoms. The molecule has 0 heterocycles. The summed E-state index contributed by atoms with van der Waals surface area (Å²) in [7, 11) is 0. The molecule has 1 saturated carbocycles. The van der Waals surface area contributed by atoms with Crippen molar-refractivity contribution in [2.24, 2.45) is 11.8 Å². The first-order valence-corrected chi connectivity index (χ1v) is 14.7. The number of benzene rings is 4. The van der Waals surface area contributed by atoms with Gasteiger partial charge in [0.1, 0.15) is 0 Å². The molecule has 8 rings (SSSR count). The van der Waals surface area contributed by atoms with E-state index in [4.69, 9.17) is 0 Å². The van der Waals surface area contributed by atoms with Gasteiger partial charge in [0, 0.05) is 5.92 Å². The number of hydrogen-bond acceptors (Lipinski definition) is 1. The highest BCUT2D eigenvalue weighted by Gasteiger charge is 2.76. The number of fused-ring (bicyclic) bond motifs is 5. The third kappa shape index (κ3) is 2.96. The smallest absolute Gasteiger partial charge is 0.163 e. The lowest BCUT2D eigenvalue weighted by Gasteiger charge is -2.41. The largest absolute Gasteiger partial charge is 0.297 e. The molecule has 40 heavy (non-hydrogen) atoms. The summed E-state index contributed by atoms with van der Waals surface area (Å²) in [4.78, 5) is 15.7. The van der Waals surface area contributed by atoms with Gasteiger partial charge in [0.25, 0.3) is 0 Å². The summed E-state index contributed by atoms with van der Waals surface area (Å²) >= 11 is 0. The molecule has 0 aliphatic heterocycles. The molecule has 1 nitrogen and oxygen atoms in total. The standard InChI is InChI=1S/C39H32O/c40-37-38(31-21-9-3-10-22-31)33-25-30(27-15-13-14-16-27)26-34(33)39(37,32-23-11-4-12-24-32)36(29-19-7-2-8-20-29)35(38)28-17-5-1-6-18-28/h1-12,15,17-25,33-34H,13-14,16,26H2/t33-,34+,38+,39-/m1/s1. The summed E-state index contributed by atoms with van der Waals surface area (Å²) in [6.45, 7) is 0. The number of hydrogen-bond donors (Lipinski definition) is 0. The fourth-order valence-corrected chi connectivity index (χ4v) is 8.73. The van der Waals surface area contributed by atoms with Crippen molar-refractivity contribution in [3.05, 3.63) is 167 Å². The molecule has 0 saturated heterocycles. The Hall–Kier alpha value is -4.23. The Morgan fingerprint density at radius 2 is 1.07 bits per heavy atom. The van der Waals surface area contributed by atoms with Gasteiger partial charge in [0.15, 0.2) is 5.78 Å². The Labute approximate surface area is 236 Å². The molecule has 194 valence electrons. The van der Waals surface area contributed by atoms with Crippen LogP contribution in [0.1, 0.15) is 47.9 Å². The van der Waals surface area contributed by atoms with Crippen LogP contribution in [0.5, 0.6) is 0 Å². The molecule has 0 unspecified atom stereocenters. The van der Waals surface area contributed by atoms with Crippen molar-refractivity contribution in [2.75, 3.05) is 0 Å². The van der Waals surface area contributed by atoms with Gasteiger partial charge >= 0.3 is 0 Å². The SMILES string of the molecule is O=C1[C@]2(c3ccccc3)C(c3ccccc3)=C(c3ccccc3)[C@@]1(c1ccccc1)[C@H]1CC(C3=CCCC3)=C[C@H]12. The Balaban J connectivity index is 1.54. The van der Waals surface area contributed by atoms with Crippen LogP contribution >= 0.6 is 0 Å². The highest BCUT2D eigenvalue weighted by atomic mass is 16.1. The summed E-state index contributed by atoms with van der Waals surface area (Å²) in [6, 6.07) is 42.9. The van der Waals surface area contributed by atoms with E-state index in [-0.39, 0.29) is 11.8 Å². The fraction of sp³-hybridized carbons (Fsp3) is 0.205. The first-order valence-electron chi connectivity index (χ1n) is 14.7. The number of carbonyl (C=O) groups is 1. The quantitative estimate of drug-likeness (QED) is 0.259. The number of ketones is 1. The average Bonchev–Trinajstić information content (AvgIpc) is 3.79. The minimum absolute atomic E-state index is 0.0989. The molecule has 0 radical (unpaired) electrons. The second kappa shape index (κ2) is 8.89. The zero-order valence-electron chi connectivity index (χ0n) is 22.6. The van der Waals surface area contributed by atoms with Gasteiger partial charge in [-0.25, -0.2) is 0 Å². The first-order chi connectivity index (χ1) is 19.8.